The second-order valence-corrected chi connectivity index (χ2v) is 2.78. The highest BCUT2D eigenvalue weighted by Crippen LogP contribution is 2.08. The molecule has 1 rings (SSSR count). The van der Waals surface area contributed by atoms with Crippen molar-refractivity contribution in [3.63, 3.8) is 0 Å². The molecule has 1 fully saturated rings. The lowest BCUT2D eigenvalue weighted by molar-refractivity contribution is -0.129. The zero-order valence-corrected chi connectivity index (χ0v) is 6.26. The number of likely N-dealkylation sites (tertiary alicyclic amines) is 1. The smallest absolute Gasteiger partial charge is 0.219 e. The molecule has 1 N–H and O–H groups in total. The lowest BCUT2D eigenvalue weighted by Crippen LogP contribution is -2.39. The van der Waals surface area contributed by atoms with Gasteiger partial charge in [-0.1, -0.05) is 0 Å². The Labute approximate surface area is 61.2 Å². The van der Waals surface area contributed by atoms with Crippen molar-refractivity contribution in [2.75, 3.05) is 13.1 Å². The average molecular weight is 141 g/mol. The van der Waals surface area contributed by atoms with Crippen LogP contribution in [0.2, 0.25) is 0 Å². The average Bonchev–Trinajstić information content (AvgIpc) is 1.88. The fourth-order valence-electron chi connectivity index (χ4n) is 1.19. The van der Waals surface area contributed by atoms with E-state index in [0.717, 1.165) is 25.9 Å². The van der Waals surface area contributed by atoms with Crippen molar-refractivity contribution in [3.8, 4) is 0 Å². The van der Waals surface area contributed by atoms with Crippen LogP contribution in [-0.2, 0) is 4.79 Å². The Morgan fingerprint density at radius 3 is 2.40 bits per heavy atom. The second kappa shape index (κ2) is 3.01. The summed E-state index contributed by atoms with van der Waals surface area (Å²) in [6, 6.07) is 0.0654. The van der Waals surface area contributed by atoms with Crippen molar-refractivity contribution in [2.24, 2.45) is 0 Å². The molecule has 3 nitrogen and oxygen atoms in total. The molecular weight excluding hydrogens is 128 g/mol. The molecule has 0 aromatic rings. The molecule has 0 aliphatic carbocycles. The number of rotatable bonds is 0. The van der Waals surface area contributed by atoms with Crippen molar-refractivity contribution in [3.05, 3.63) is 0 Å². The number of nitrogens with one attached hydrogen (secondary N) is 1. The molecule has 0 saturated carbocycles. The van der Waals surface area contributed by atoms with Crippen LogP contribution in [0.1, 0.15) is 19.8 Å². The molecule has 0 spiro atoms. The van der Waals surface area contributed by atoms with Crippen LogP contribution in [0.5, 0.6) is 0 Å². The molecule has 1 aliphatic heterocycles. The van der Waals surface area contributed by atoms with E-state index in [-0.39, 0.29) is 11.9 Å². The second-order valence-electron chi connectivity index (χ2n) is 2.78. The van der Waals surface area contributed by atoms with E-state index in [4.69, 9.17) is 5.73 Å². The van der Waals surface area contributed by atoms with Gasteiger partial charge in [-0.3, -0.25) is 10.5 Å². The summed E-state index contributed by atoms with van der Waals surface area (Å²) in [4.78, 5) is 12.6. The van der Waals surface area contributed by atoms with Gasteiger partial charge in [0.15, 0.2) is 0 Å². The van der Waals surface area contributed by atoms with Crippen LogP contribution in [-0.4, -0.2) is 29.9 Å². The standard InChI is InChI=1S/C7H13N2O/c1-6(10)9-4-2-7(8)3-5-9/h7-8H,2-5H2,1H3. The van der Waals surface area contributed by atoms with E-state index in [0.29, 0.717) is 0 Å². The first-order valence-electron chi connectivity index (χ1n) is 3.67. The molecule has 0 aromatic heterocycles. The number of hydrogen-bond acceptors (Lipinski definition) is 1. The topological polar surface area (TPSA) is 44.1 Å². The van der Waals surface area contributed by atoms with E-state index in [1.54, 1.807) is 6.92 Å². The van der Waals surface area contributed by atoms with Crippen LogP contribution in [0.15, 0.2) is 0 Å². The van der Waals surface area contributed by atoms with Gasteiger partial charge in [-0.25, -0.2) is 0 Å². The molecule has 0 atom stereocenters. The molecule has 1 aliphatic rings. The van der Waals surface area contributed by atoms with Crippen LogP contribution < -0.4 is 5.73 Å². The molecule has 1 amide bonds. The Morgan fingerprint density at radius 1 is 1.50 bits per heavy atom. The summed E-state index contributed by atoms with van der Waals surface area (Å²) in [6.07, 6.45) is 1.69. The van der Waals surface area contributed by atoms with Gasteiger partial charge in [0, 0.05) is 26.1 Å². The largest absolute Gasteiger partial charge is 0.343 e. The van der Waals surface area contributed by atoms with E-state index < -0.39 is 0 Å². The fourth-order valence-corrected chi connectivity index (χ4v) is 1.19. The predicted molar refractivity (Wildman–Crippen MR) is 38.4 cm³/mol. The maximum atomic E-state index is 10.8. The van der Waals surface area contributed by atoms with E-state index in [2.05, 4.69) is 0 Å². The number of amides is 1. The summed E-state index contributed by atoms with van der Waals surface area (Å²) in [5.74, 6) is 0.145. The van der Waals surface area contributed by atoms with Gasteiger partial charge in [-0.2, -0.15) is 0 Å². The Balaban J connectivity index is 2.33. The zero-order valence-electron chi connectivity index (χ0n) is 6.26. The number of carbonyl (C=O) groups is 1. The van der Waals surface area contributed by atoms with Gasteiger partial charge < -0.3 is 4.90 Å². The molecule has 1 saturated heterocycles. The minimum Gasteiger partial charge on any atom is -0.343 e. The zero-order chi connectivity index (χ0) is 7.56. The summed E-state index contributed by atoms with van der Waals surface area (Å²) < 4.78 is 0. The minimum atomic E-state index is 0.0654. The summed E-state index contributed by atoms with van der Waals surface area (Å²) in [5.41, 5.74) is 7.36. The highest BCUT2D eigenvalue weighted by Gasteiger charge is 2.17. The molecule has 57 valence electrons. The third kappa shape index (κ3) is 1.70. The molecule has 10 heavy (non-hydrogen) atoms. The first-order chi connectivity index (χ1) is 4.70. The quantitative estimate of drug-likeness (QED) is 0.478. The number of nitrogens with zero attached hydrogens (tertiary/aromatic N) is 1. The Morgan fingerprint density at radius 2 is 2.00 bits per heavy atom. The number of carbonyl (C=O) groups excluding carboxylic acids is 1. The molecule has 1 heterocycles. The van der Waals surface area contributed by atoms with Crippen LogP contribution >= 0.6 is 0 Å². The highest BCUT2D eigenvalue weighted by molar-refractivity contribution is 5.73. The van der Waals surface area contributed by atoms with Crippen molar-refractivity contribution < 1.29 is 4.79 Å². The Kier molecular flexibility index (Phi) is 2.27. The van der Waals surface area contributed by atoms with Crippen LogP contribution in [0, 0.1) is 0 Å². The van der Waals surface area contributed by atoms with E-state index >= 15 is 0 Å². The molecule has 0 unspecified atom stereocenters. The molecule has 0 aromatic carbocycles. The fraction of sp³-hybridized carbons (Fsp3) is 0.857. The van der Waals surface area contributed by atoms with Crippen LogP contribution in [0.25, 0.3) is 0 Å². The molecule has 1 radical (unpaired) electrons. The third-order valence-electron chi connectivity index (χ3n) is 1.94. The van der Waals surface area contributed by atoms with Gasteiger partial charge in [-0.05, 0) is 12.8 Å². The van der Waals surface area contributed by atoms with Crippen molar-refractivity contribution in [1.82, 2.24) is 10.6 Å². The summed E-state index contributed by atoms with van der Waals surface area (Å²) >= 11 is 0. The van der Waals surface area contributed by atoms with Gasteiger partial charge in [0.2, 0.25) is 5.91 Å². The van der Waals surface area contributed by atoms with Crippen molar-refractivity contribution in [1.29, 1.82) is 0 Å². The molecule has 3 heteroatoms. The van der Waals surface area contributed by atoms with Gasteiger partial charge in [0.05, 0.1) is 0 Å². The van der Waals surface area contributed by atoms with E-state index in [1.807, 2.05) is 4.90 Å². The first kappa shape index (κ1) is 7.54. The van der Waals surface area contributed by atoms with Crippen LogP contribution in [0.3, 0.4) is 0 Å². The Hall–Kier alpha value is -0.570. The van der Waals surface area contributed by atoms with Crippen LogP contribution in [0.4, 0.5) is 0 Å². The normalized spacial score (nSPS) is 21.2. The SMILES string of the molecule is CC(=O)N1CCC([NH])CC1. The van der Waals surface area contributed by atoms with E-state index in [1.165, 1.54) is 0 Å². The van der Waals surface area contributed by atoms with E-state index in [9.17, 15) is 4.79 Å². The first-order valence-corrected chi connectivity index (χ1v) is 3.67. The summed E-state index contributed by atoms with van der Waals surface area (Å²) in [7, 11) is 0. The Bertz CT molecular complexity index is 128. The minimum absolute atomic E-state index is 0.0654. The van der Waals surface area contributed by atoms with Crippen molar-refractivity contribution >= 4 is 5.91 Å². The van der Waals surface area contributed by atoms with Gasteiger partial charge in [0.1, 0.15) is 0 Å². The van der Waals surface area contributed by atoms with Gasteiger partial charge in [-0.15, -0.1) is 0 Å². The maximum absolute atomic E-state index is 10.8. The molecular formula is C7H13N2O. The monoisotopic (exact) mass is 141 g/mol. The number of hydrogen-bond donors (Lipinski definition) is 0. The predicted octanol–water partition coefficient (Wildman–Crippen LogP) is 0.280. The van der Waals surface area contributed by atoms with Gasteiger partial charge in [0.25, 0.3) is 0 Å². The lowest BCUT2D eigenvalue weighted by Gasteiger charge is -2.28. The maximum Gasteiger partial charge on any atom is 0.219 e. The summed E-state index contributed by atoms with van der Waals surface area (Å²) in [6.45, 7) is 3.15. The highest BCUT2D eigenvalue weighted by atomic mass is 16.2. The number of piperidine rings is 1. The van der Waals surface area contributed by atoms with Gasteiger partial charge >= 0.3 is 0 Å². The lowest BCUT2D eigenvalue weighted by atomic mass is 10.1. The third-order valence-corrected chi connectivity index (χ3v) is 1.94. The van der Waals surface area contributed by atoms with Crippen molar-refractivity contribution in [2.45, 2.75) is 25.8 Å². The molecule has 0 bridgehead atoms. The summed E-state index contributed by atoms with van der Waals surface area (Å²) in [5, 5.41) is 0.